The number of rotatable bonds is 6. The summed E-state index contributed by atoms with van der Waals surface area (Å²) in [4.78, 5) is 13.8. The first-order valence-corrected chi connectivity index (χ1v) is 9.08. The minimum Gasteiger partial charge on any atom is -0.465 e. The van der Waals surface area contributed by atoms with Crippen LogP contribution < -0.4 is 4.90 Å². The maximum Gasteiger partial charge on any atom is 0.135 e. The Balaban J connectivity index is 1.75. The molecule has 25 heavy (non-hydrogen) atoms. The average Bonchev–Trinajstić information content (AvgIpc) is 3.01. The normalized spacial score (nSPS) is 18.7. The fourth-order valence-corrected chi connectivity index (χ4v) is 3.49. The van der Waals surface area contributed by atoms with Gasteiger partial charge in [-0.2, -0.15) is 0 Å². The third-order valence-electron chi connectivity index (χ3n) is 4.86. The SMILES string of the molecule is CCc1cnc(C)nc1N1CCN(Cc2ccc(C)o2)C(CCO)C1. The van der Waals surface area contributed by atoms with Crippen LogP contribution in [0.3, 0.4) is 0 Å². The zero-order valence-corrected chi connectivity index (χ0v) is 15.4. The van der Waals surface area contributed by atoms with Gasteiger partial charge in [-0.1, -0.05) is 6.92 Å². The van der Waals surface area contributed by atoms with Crippen LogP contribution in [0.5, 0.6) is 0 Å². The zero-order chi connectivity index (χ0) is 17.8. The van der Waals surface area contributed by atoms with Crippen molar-refractivity contribution in [3.8, 4) is 0 Å². The van der Waals surface area contributed by atoms with Crippen LogP contribution in [0.4, 0.5) is 5.82 Å². The van der Waals surface area contributed by atoms with E-state index in [0.29, 0.717) is 0 Å². The van der Waals surface area contributed by atoms with E-state index in [1.807, 2.05) is 32.2 Å². The number of hydrogen-bond donors (Lipinski definition) is 1. The van der Waals surface area contributed by atoms with Gasteiger partial charge in [-0.05, 0) is 38.8 Å². The van der Waals surface area contributed by atoms with E-state index in [1.54, 1.807) is 0 Å². The number of piperazine rings is 1. The Labute approximate surface area is 149 Å². The fourth-order valence-electron chi connectivity index (χ4n) is 3.49. The molecule has 0 amide bonds. The van der Waals surface area contributed by atoms with Crippen molar-refractivity contribution >= 4 is 5.82 Å². The second-order valence-corrected chi connectivity index (χ2v) is 6.71. The molecule has 0 radical (unpaired) electrons. The molecule has 0 aromatic carbocycles. The topological polar surface area (TPSA) is 65.6 Å². The van der Waals surface area contributed by atoms with Crippen LogP contribution in [-0.4, -0.2) is 52.3 Å². The second-order valence-electron chi connectivity index (χ2n) is 6.71. The first kappa shape index (κ1) is 17.9. The summed E-state index contributed by atoms with van der Waals surface area (Å²) in [6.07, 6.45) is 3.62. The van der Waals surface area contributed by atoms with Crippen molar-refractivity contribution < 1.29 is 9.52 Å². The molecule has 1 atom stereocenters. The van der Waals surface area contributed by atoms with E-state index >= 15 is 0 Å². The van der Waals surface area contributed by atoms with Crippen molar-refractivity contribution in [2.24, 2.45) is 0 Å². The van der Waals surface area contributed by atoms with E-state index in [9.17, 15) is 5.11 Å². The van der Waals surface area contributed by atoms with Crippen LogP contribution in [0, 0.1) is 13.8 Å². The number of aliphatic hydroxyl groups is 1. The quantitative estimate of drug-likeness (QED) is 0.867. The largest absolute Gasteiger partial charge is 0.465 e. The number of aromatic nitrogens is 2. The van der Waals surface area contributed by atoms with E-state index in [1.165, 1.54) is 5.56 Å². The Kier molecular flexibility index (Phi) is 5.71. The van der Waals surface area contributed by atoms with E-state index in [0.717, 1.165) is 62.2 Å². The molecule has 3 heterocycles. The third-order valence-corrected chi connectivity index (χ3v) is 4.86. The minimum atomic E-state index is 0.190. The van der Waals surface area contributed by atoms with Crippen molar-refractivity contribution in [2.45, 2.75) is 46.2 Å². The molecule has 2 aromatic rings. The highest BCUT2D eigenvalue weighted by Crippen LogP contribution is 2.24. The third kappa shape index (κ3) is 4.19. The molecule has 0 saturated carbocycles. The average molecular weight is 344 g/mol. The van der Waals surface area contributed by atoms with Crippen molar-refractivity contribution in [3.05, 3.63) is 41.2 Å². The molecule has 1 aliphatic rings. The molecule has 136 valence electrons. The summed E-state index contributed by atoms with van der Waals surface area (Å²) in [5.41, 5.74) is 1.18. The molecule has 1 fully saturated rings. The molecule has 1 unspecified atom stereocenters. The lowest BCUT2D eigenvalue weighted by molar-refractivity contribution is 0.126. The summed E-state index contributed by atoms with van der Waals surface area (Å²) in [5.74, 6) is 3.78. The molecule has 1 N–H and O–H groups in total. The maximum atomic E-state index is 9.51. The van der Waals surface area contributed by atoms with Gasteiger partial charge in [-0.25, -0.2) is 9.97 Å². The van der Waals surface area contributed by atoms with Gasteiger partial charge in [0.05, 0.1) is 6.54 Å². The summed E-state index contributed by atoms with van der Waals surface area (Å²) in [5, 5.41) is 9.51. The molecule has 6 nitrogen and oxygen atoms in total. The predicted molar refractivity (Wildman–Crippen MR) is 97.7 cm³/mol. The highest BCUT2D eigenvalue weighted by Gasteiger charge is 2.29. The number of nitrogens with zero attached hydrogens (tertiary/aromatic N) is 4. The van der Waals surface area contributed by atoms with Crippen LogP contribution in [0.25, 0.3) is 0 Å². The summed E-state index contributed by atoms with van der Waals surface area (Å²) >= 11 is 0. The fraction of sp³-hybridized carbons (Fsp3) is 0.579. The summed E-state index contributed by atoms with van der Waals surface area (Å²) in [6.45, 7) is 9.73. The van der Waals surface area contributed by atoms with E-state index in [2.05, 4.69) is 26.7 Å². The lowest BCUT2D eigenvalue weighted by Crippen LogP contribution is -2.53. The van der Waals surface area contributed by atoms with Gasteiger partial charge in [0.15, 0.2) is 0 Å². The first-order valence-electron chi connectivity index (χ1n) is 9.08. The smallest absolute Gasteiger partial charge is 0.135 e. The first-order chi connectivity index (χ1) is 12.1. The number of anilines is 1. The van der Waals surface area contributed by atoms with Gasteiger partial charge in [0.2, 0.25) is 0 Å². The molecular formula is C19H28N4O2. The van der Waals surface area contributed by atoms with Gasteiger partial charge in [-0.3, -0.25) is 4.90 Å². The Hall–Kier alpha value is -1.92. The standard InChI is InChI=1S/C19H28N4O2/c1-4-16-11-20-15(3)21-19(16)23-9-8-22(17(12-23)7-10-24)13-18-6-5-14(2)25-18/h5-6,11,17,24H,4,7-10,12-13H2,1-3H3. The van der Waals surface area contributed by atoms with Crippen LogP contribution >= 0.6 is 0 Å². The Morgan fingerprint density at radius 3 is 2.80 bits per heavy atom. The highest BCUT2D eigenvalue weighted by atomic mass is 16.3. The van der Waals surface area contributed by atoms with Crippen LogP contribution in [0.15, 0.2) is 22.7 Å². The summed E-state index contributed by atoms with van der Waals surface area (Å²) in [7, 11) is 0. The van der Waals surface area contributed by atoms with Gasteiger partial charge in [-0.15, -0.1) is 0 Å². The number of hydrogen-bond acceptors (Lipinski definition) is 6. The molecular weight excluding hydrogens is 316 g/mol. The van der Waals surface area contributed by atoms with Crippen molar-refractivity contribution in [1.82, 2.24) is 14.9 Å². The molecule has 0 bridgehead atoms. The Morgan fingerprint density at radius 2 is 2.12 bits per heavy atom. The summed E-state index contributed by atoms with van der Waals surface area (Å²) in [6, 6.07) is 4.33. The Morgan fingerprint density at radius 1 is 1.28 bits per heavy atom. The molecule has 1 saturated heterocycles. The van der Waals surface area contributed by atoms with Crippen LogP contribution in [-0.2, 0) is 13.0 Å². The number of aliphatic hydroxyl groups excluding tert-OH is 1. The van der Waals surface area contributed by atoms with Crippen LogP contribution in [0.2, 0.25) is 0 Å². The van der Waals surface area contributed by atoms with Gasteiger partial charge < -0.3 is 14.4 Å². The molecule has 1 aliphatic heterocycles. The van der Waals surface area contributed by atoms with E-state index in [-0.39, 0.29) is 12.6 Å². The van der Waals surface area contributed by atoms with Crippen molar-refractivity contribution in [2.75, 3.05) is 31.1 Å². The van der Waals surface area contributed by atoms with Crippen LogP contribution in [0.1, 0.15) is 36.3 Å². The van der Waals surface area contributed by atoms with E-state index in [4.69, 9.17) is 4.42 Å². The lowest BCUT2D eigenvalue weighted by Gasteiger charge is -2.42. The van der Waals surface area contributed by atoms with Gasteiger partial charge in [0, 0.05) is 44.0 Å². The molecule has 0 aliphatic carbocycles. The number of furan rings is 1. The molecule has 6 heteroatoms. The molecule has 2 aromatic heterocycles. The Bertz CT molecular complexity index is 700. The number of aryl methyl sites for hydroxylation is 3. The minimum absolute atomic E-state index is 0.190. The van der Waals surface area contributed by atoms with Gasteiger partial charge >= 0.3 is 0 Å². The summed E-state index contributed by atoms with van der Waals surface area (Å²) < 4.78 is 5.74. The van der Waals surface area contributed by atoms with Gasteiger partial charge in [0.1, 0.15) is 23.2 Å². The van der Waals surface area contributed by atoms with E-state index < -0.39 is 0 Å². The predicted octanol–water partition coefficient (Wildman–Crippen LogP) is 2.32. The monoisotopic (exact) mass is 344 g/mol. The zero-order valence-electron chi connectivity index (χ0n) is 15.4. The highest BCUT2D eigenvalue weighted by molar-refractivity contribution is 5.47. The second kappa shape index (κ2) is 7.97. The van der Waals surface area contributed by atoms with Gasteiger partial charge in [0.25, 0.3) is 0 Å². The molecule has 3 rings (SSSR count). The van der Waals surface area contributed by atoms with Crippen molar-refractivity contribution in [3.63, 3.8) is 0 Å². The molecule has 0 spiro atoms. The maximum absolute atomic E-state index is 9.51. The lowest BCUT2D eigenvalue weighted by atomic mass is 10.1. The van der Waals surface area contributed by atoms with Crippen molar-refractivity contribution in [1.29, 1.82) is 0 Å².